The Kier molecular flexibility index (Phi) is 6.69. The van der Waals surface area contributed by atoms with Crippen LogP contribution in [0.2, 0.25) is 0 Å². The van der Waals surface area contributed by atoms with Crippen molar-refractivity contribution in [3.8, 4) is 5.69 Å². The Bertz CT molecular complexity index is 800. The molecule has 0 saturated carbocycles. The molecule has 8 heteroatoms. The van der Waals surface area contributed by atoms with Crippen molar-refractivity contribution in [2.75, 3.05) is 39.3 Å². The van der Waals surface area contributed by atoms with E-state index in [1.165, 1.54) is 5.56 Å². The Morgan fingerprint density at radius 2 is 1.86 bits per heavy atom. The van der Waals surface area contributed by atoms with E-state index in [2.05, 4.69) is 39.6 Å². The summed E-state index contributed by atoms with van der Waals surface area (Å²) in [6.07, 6.45) is 1.40. The molecule has 0 aliphatic carbocycles. The van der Waals surface area contributed by atoms with E-state index >= 15 is 0 Å². The van der Waals surface area contributed by atoms with Crippen LogP contribution in [-0.2, 0) is 11.2 Å². The van der Waals surface area contributed by atoms with E-state index in [1.54, 1.807) is 0 Å². The van der Waals surface area contributed by atoms with Crippen molar-refractivity contribution in [1.29, 1.82) is 0 Å². The summed E-state index contributed by atoms with van der Waals surface area (Å²) in [5.41, 5.74) is 3.89. The average Bonchev–Trinajstić information content (AvgIpc) is 3.31. The topological polar surface area (TPSA) is 66.3 Å². The molecule has 1 unspecified atom stereocenters. The highest BCUT2D eigenvalue weighted by molar-refractivity contribution is 5.85. The molecule has 2 saturated heterocycles. The zero-order valence-electron chi connectivity index (χ0n) is 16.6. The molecule has 3 heterocycles. The summed E-state index contributed by atoms with van der Waals surface area (Å²) in [6.45, 7) is 9.98. The maximum absolute atomic E-state index is 12.8. The first-order valence-corrected chi connectivity index (χ1v) is 9.82. The number of amides is 1. The lowest BCUT2D eigenvalue weighted by molar-refractivity contribution is -0.129. The van der Waals surface area contributed by atoms with Crippen LogP contribution in [0.4, 0.5) is 0 Å². The molecule has 1 aromatic carbocycles. The third-order valence-corrected chi connectivity index (χ3v) is 5.77. The van der Waals surface area contributed by atoms with Crippen LogP contribution in [0.1, 0.15) is 23.4 Å². The van der Waals surface area contributed by atoms with Crippen molar-refractivity contribution in [3.63, 3.8) is 0 Å². The molecule has 4 rings (SSSR count). The smallest absolute Gasteiger partial charge is 0.228 e. The molecule has 1 aromatic heterocycles. The monoisotopic (exact) mass is 404 g/mol. The van der Waals surface area contributed by atoms with Gasteiger partial charge in [-0.3, -0.25) is 9.69 Å². The Morgan fingerprint density at radius 1 is 1.14 bits per heavy atom. The molecule has 0 bridgehead atoms. The number of rotatable bonds is 4. The number of carbonyl (C=O) groups excluding carboxylic acids is 1. The minimum Gasteiger partial charge on any atom is -0.341 e. The van der Waals surface area contributed by atoms with Gasteiger partial charge in [-0.1, -0.05) is 22.9 Å². The minimum absolute atomic E-state index is 0. The second-order valence-corrected chi connectivity index (χ2v) is 7.61. The number of carbonyl (C=O) groups is 1. The number of nitrogens with one attached hydrogen (secondary N) is 1. The number of aromatic nitrogens is 3. The van der Waals surface area contributed by atoms with Gasteiger partial charge < -0.3 is 10.2 Å². The zero-order valence-corrected chi connectivity index (χ0v) is 17.4. The number of aryl methyl sites for hydroxylation is 1. The normalized spacial score (nSPS) is 20.2. The standard InChI is InChI=1S/C20H28N6O.ClH/c1-15-3-5-17(6-4-15)26-16(2)19(22-23-26)13-20(27)25-10-7-18(14-25)24-11-8-21-9-12-24;/h3-6,18,21H,7-14H2,1-2H3;1H. The first kappa shape index (κ1) is 20.8. The highest BCUT2D eigenvalue weighted by atomic mass is 35.5. The van der Waals surface area contributed by atoms with Crippen molar-refractivity contribution in [2.24, 2.45) is 0 Å². The van der Waals surface area contributed by atoms with Gasteiger partial charge in [-0.05, 0) is 32.4 Å². The van der Waals surface area contributed by atoms with Gasteiger partial charge in [0, 0.05) is 45.3 Å². The molecule has 2 aromatic rings. The van der Waals surface area contributed by atoms with Crippen molar-refractivity contribution in [2.45, 2.75) is 32.7 Å². The second kappa shape index (κ2) is 9.03. The fraction of sp³-hybridized carbons (Fsp3) is 0.550. The Hall–Kier alpha value is -1.96. The van der Waals surface area contributed by atoms with Crippen molar-refractivity contribution in [1.82, 2.24) is 30.1 Å². The Balaban J connectivity index is 0.00000225. The number of piperazine rings is 1. The maximum Gasteiger partial charge on any atom is 0.228 e. The van der Waals surface area contributed by atoms with E-state index in [4.69, 9.17) is 0 Å². The number of halogens is 1. The molecule has 1 N–H and O–H groups in total. The number of benzene rings is 1. The van der Waals surface area contributed by atoms with Gasteiger partial charge in [-0.2, -0.15) is 0 Å². The SMILES string of the molecule is Cc1ccc(-n2nnc(CC(=O)N3CCC(N4CCNCC4)C3)c2C)cc1.Cl. The molecule has 1 atom stereocenters. The van der Waals surface area contributed by atoms with Crippen LogP contribution in [-0.4, -0.2) is 76.0 Å². The van der Waals surface area contributed by atoms with Crippen LogP contribution < -0.4 is 5.32 Å². The zero-order chi connectivity index (χ0) is 18.8. The van der Waals surface area contributed by atoms with Gasteiger partial charge in [0.25, 0.3) is 0 Å². The summed E-state index contributed by atoms with van der Waals surface area (Å²) in [5.74, 6) is 0.159. The maximum atomic E-state index is 12.8. The minimum atomic E-state index is 0. The molecule has 28 heavy (non-hydrogen) atoms. The molecule has 2 aliphatic heterocycles. The third kappa shape index (κ3) is 4.37. The fourth-order valence-electron chi connectivity index (χ4n) is 4.02. The highest BCUT2D eigenvalue weighted by Gasteiger charge is 2.31. The molecule has 152 valence electrons. The quantitative estimate of drug-likeness (QED) is 0.833. The summed E-state index contributed by atoms with van der Waals surface area (Å²) >= 11 is 0. The van der Waals surface area contributed by atoms with E-state index in [-0.39, 0.29) is 18.3 Å². The molecule has 0 spiro atoms. The second-order valence-electron chi connectivity index (χ2n) is 7.61. The van der Waals surface area contributed by atoms with Crippen LogP contribution >= 0.6 is 12.4 Å². The Labute approximate surface area is 172 Å². The van der Waals surface area contributed by atoms with Gasteiger partial charge in [-0.25, -0.2) is 4.68 Å². The summed E-state index contributed by atoms with van der Waals surface area (Å²) in [4.78, 5) is 17.3. The van der Waals surface area contributed by atoms with Gasteiger partial charge in [0.05, 0.1) is 23.5 Å². The number of likely N-dealkylation sites (tertiary alicyclic amines) is 1. The first-order chi connectivity index (χ1) is 13.1. The van der Waals surface area contributed by atoms with E-state index in [0.717, 1.165) is 62.8 Å². The Morgan fingerprint density at radius 3 is 2.57 bits per heavy atom. The lowest BCUT2D eigenvalue weighted by Crippen LogP contribution is -2.49. The van der Waals surface area contributed by atoms with Crippen LogP contribution in [0.25, 0.3) is 5.69 Å². The molecule has 1 amide bonds. The number of nitrogens with zero attached hydrogens (tertiary/aromatic N) is 5. The number of hydrogen-bond donors (Lipinski definition) is 1. The molecular formula is C20H29ClN6O. The van der Waals surface area contributed by atoms with Gasteiger partial charge in [0.15, 0.2) is 0 Å². The molecule has 2 fully saturated rings. The highest BCUT2D eigenvalue weighted by Crippen LogP contribution is 2.19. The first-order valence-electron chi connectivity index (χ1n) is 9.82. The molecule has 2 aliphatic rings. The molecule has 7 nitrogen and oxygen atoms in total. The lowest BCUT2D eigenvalue weighted by Gasteiger charge is -2.32. The lowest BCUT2D eigenvalue weighted by atomic mass is 10.2. The van der Waals surface area contributed by atoms with E-state index in [0.29, 0.717) is 12.5 Å². The van der Waals surface area contributed by atoms with E-state index in [9.17, 15) is 4.79 Å². The third-order valence-electron chi connectivity index (χ3n) is 5.77. The van der Waals surface area contributed by atoms with Gasteiger partial charge in [0.2, 0.25) is 5.91 Å². The van der Waals surface area contributed by atoms with Crippen LogP contribution in [0.15, 0.2) is 24.3 Å². The van der Waals surface area contributed by atoms with Crippen LogP contribution in [0.5, 0.6) is 0 Å². The van der Waals surface area contributed by atoms with Gasteiger partial charge >= 0.3 is 0 Å². The van der Waals surface area contributed by atoms with Crippen molar-refractivity contribution >= 4 is 18.3 Å². The van der Waals surface area contributed by atoms with Crippen molar-refractivity contribution in [3.05, 3.63) is 41.2 Å². The predicted octanol–water partition coefficient (Wildman–Crippen LogP) is 1.35. The summed E-state index contributed by atoms with van der Waals surface area (Å²) < 4.78 is 1.82. The average molecular weight is 405 g/mol. The van der Waals surface area contributed by atoms with Crippen LogP contribution in [0, 0.1) is 13.8 Å². The van der Waals surface area contributed by atoms with Crippen LogP contribution in [0.3, 0.4) is 0 Å². The van der Waals surface area contributed by atoms with Crippen molar-refractivity contribution < 1.29 is 4.79 Å². The van der Waals surface area contributed by atoms with E-state index < -0.39 is 0 Å². The summed E-state index contributed by atoms with van der Waals surface area (Å²) in [7, 11) is 0. The summed E-state index contributed by atoms with van der Waals surface area (Å²) in [6, 6.07) is 8.67. The van der Waals surface area contributed by atoms with Gasteiger partial charge in [-0.15, -0.1) is 17.5 Å². The molecule has 0 radical (unpaired) electrons. The fourth-order valence-corrected chi connectivity index (χ4v) is 4.02. The largest absolute Gasteiger partial charge is 0.341 e. The predicted molar refractivity (Wildman–Crippen MR) is 111 cm³/mol. The van der Waals surface area contributed by atoms with Gasteiger partial charge in [0.1, 0.15) is 0 Å². The molecular weight excluding hydrogens is 376 g/mol. The summed E-state index contributed by atoms with van der Waals surface area (Å²) in [5, 5.41) is 11.9. The number of hydrogen-bond acceptors (Lipinski definition) is 5. The van der Waals surface area contributed by atoms with E-state index in [1.807, 2.05) is 28.6 Å².